The van der Waals surface area contributed by atoms with Crippen LogP contribution in [0.2, 0.25) is 0 Å². The molecule has 0 spiro atoms. The van der Waals surface area contributed by atoms with Crippen molar-refractivity contribution in [3.05, 3.63) is 14.7 Å². The van der Waals surface area contributed by atoms with Crippen molar-refractivity contribution in [1.29, 1.82) is 0 Å². The highest BCUT2D eigenvalue weighted by molar-refractivity contribution is 9.11. The van der Waals surface area contributed by atoms with Gasteiger partial charge < -0.3 is 9.84 Å². The van der Waals surface area contributed by atoms with Crippen LogP contribution >= 0.6 is 27.3 Å². The van der Waals surface area contributed by atoms with Gasteiger partial charge in [0.15, 0.2) is 0 Å². The fourth-order valence-corrected chi connectivity index (χ4v) is 5.63. The van der Waals surface area contributed by atoms with Gasteiger partial charge in [-0.05, 0) is 46.7 Å². The average Bonchev–Trinajstić information content (AvgIpc) is 3.09. The Hall–Kier alpha value is -0.480. The second-order valence-corrected chi connectivity index (χ2v) is 9.14. The number of aliphatic hydroxyl groups is 1. The summed E-state index contributed by atoms with van der Waals surface area (Å²) >= 11 is 4.18. The van der Waals surface area contributed by atoms with Crippen LogP contribution in [0.4, 0.5) is 0 Å². The number of rotatable bonds is 7. The fourth-order valence-electron chi connectivity index (χ4n) is 1.99. The monoisotopic (exact) mass is 397 g/mol. The zero-order valence-electron chi connectivity index (χ0n) is 11.4. The predicted octanol–water partition coefficient (Wildman–Crippen LogP) is 1.74. The lowest BCUT2D eigenvalue weighted by molar-refractivity contribution is 0.0606. The van der Waals surface area contributed by atoms with Crippen LogP contribution in [-0.4, -0.2) is 39.8 Å². The van der Waals surface area contributed by atoms with E-state index in [4.69, 9.17) is 5.11 Å². The molecule has 1 heterocycles. The van der Waals surface area contributed by atoms with Gasteiger partial charge in [-0.15, -0.1) is 11.3 Å². The van der Waals surface area contributed by atoms with Crippen LogP contribution in [0, 0.1) is 5.41 Å². The van der Waals surface area contributed by atoms with Crippen LogP contribution in [-0.2, 0) is 14.8 Å². The van der Waals surface area contributed by atoms with E-state index >= 15 is 0 Å². The molecule has 6 nitrogen and oxygen atoms in total. The summed E-state index contributed by atoms with van der Waals surface area (Å²) in [6.45, 7) is 0.349. The number of esters is 1. The van der Waals surface area contributed by atoms with Crippen LogP contribution in [0.25, 0.3) is 0 Å². The Morgan fingerprint density at radius 1 is 1.57 bits per heavy atom. The Morgan fingerprint density at radius 2 is 2.24 bits per heavy atom. The molecule has 0 unspecified atom stereocenters. The first kappa shape index (κ1) is 16.9. The Bertz CT molecular complexity index is 636. The van der Waals surface area contributed by atoms with Gasteiger partial charge in [0.05, 0.1) is 10.9 Å². The smallest absolute Gasteiger partial charge is 0.348 e. The lowest BCUT2D eigenvalue weighted by atomic mass is 10.0. The molecule has 0 aromatic carbocycles. The van der Waals surface area contributed by atoms with Crippen LogP contribution in [0.5, 0.6) is 0 Å². The molecular weight excluding hydrogens is 382 g/mol. The number of halogens is 1. The van der Waals surface area contributed by atoms with Gasteiger partial charge in [0.2, 0.25) is 10.0 Å². The van der Waals surface area contributed by atoms with Gasteiger partial charge in [-0.1, -0.05) is 0 Å². The summed E-state index contributed by atoms with van der Waals surface area (Å²) in [7, 11) is -2.46. The van der Waals surface area contributed by atoms with Crippen molar-refractivity contribution >= 4 is 43.3 Å². The van der Waals surface area contributed by atoms with E-state index in [0.29, 0.717) is 16.8 Å². The molecule has 0 radical (unpaired) electrons. The quantitative estimate of drug-likeness (QED) is 0.683. The number of aliphatic hydroxyl groups excluding tert-OH is 1. The molecule has 1 aromatic heterocycles. The van der Waals surface area contributed by atoms with Gasteiger partial charge in [0.1, 0.15) is 9.77 Å². The van der Waals surface area contributed by atoms with Crippen molar-refractivity contribution in [3.8, 4) is 0 Å². The SMILES string of the molecule is COC(=O)c1cc(S(=O)(=O)NCC2(CCO)CC2)c(Br)s1. The minimum absolute atomic E-state index is 0.0349. The predicted molar refractivity (Wildman–Crippen MR) is 81.9 cm³/mol. The molecule has 2 rings (SSSR count). The number of carbonyl (C=O) groups excluding carboxylic acids is 1. The zero-order chi connectivity index (χ0) is 15.7. The van der Waals surface area contributed by atoms with Crippen molar-refractivity contribution in [3.63, 3.8) is 0 Å². The van der Waals surface area contributed by atoms with Gasteiger partial charge in [0.25, 0.3) is 0 Å². The summed E-state index contributed by atoms with van der Waals surface area (Å²) in [5.41, 5.74) is -0.116. The standard InChI is InChI=1S/C12H16BrNO5S2/c1-19-11(16)8-6-9(10(13)20-8)21(17,18)14-7-12(2-3-12)4-5-15/h6,14-15H,2-5,7H2,1H3. The molecule has 1 fully saturated rings. The van der Waals surface area contributed by atoms with Gasteiger partial charge in [-0.3, -0.25) is 0 Å². The lowest BCUT2D eigenvalue weighted by Gasteiger charge is -2.14. The van der Waals surface area contributed by atoms with E-state index in [1.165, 1.54) is 13.2 Å². The van der Waals surface area contributed by atoms with E-state index in [-0.39, 0.29) is 21.8 Å². The molecule has 1 aliphatic carbocycles. The second-order valence-electron chi connectivity index (χ2n) is 5.04. The highest BCUT2D eigenvalue weighted by Crippen LogP contribution is 2.48. The Labute approximate surface area is 135 Å². The van der Waals surface area contributed by atoms with Gasteiger partial charge in [-0.2, -0.15) is 0 Å². The average molecular weight is 398 g/mol. The number of sulfonamides is 1. The molecule has 0 bridgehead atoms. The highest BCUT2D eigenvalue weighted by Gasteiger charge is 2.42. The maximum absolute atomic E-state index is 12.3. The lowest BCUT2D eigenvalue weighted by Crippen LogP contribution is -2.30. The van der Waals surface area contributed by atoms with Crippen LogP contribution in [0.3, 0.4) is 0 Å². The van der Waals surface area contributed by atoms with Crippen molar-refractivity contribution < 1.29 is 23.1 Å². The molecule has 118 valence electrons. The van der Waals surface area contributed by atoms with Gasteiger partial charge in [0, 0.05) is 13.2 Å². The van der Waals surface area contributed by atoms with Crippen molar-refractivity contribution in [2.24, 2.45) is 5.41 Å². The number of nitrogens with one attached hydrogen (secondary N) is 1. The number of methoxy groups -OCH3 is 1. The second kappa shape index (κ2) is 6.33. The molecule has 9 heteroatoms. The van der Waals surface area contributed by atoms with Crippen LogP contribution < -0.4 is 4.72 Å². The maximum atomic E-state index is 12.3. The minimum atomic E-state index is -3.70. The van der Waals surface area contributed by atoms with E-state index < -0.39 is 16.0 Å². The summed E-state index contributed by atoms with van der Waals surface area (Å²) in [5.74, 6) is -0.568. The third kappa shape index (κ3) is 3.84. The molecule has 0 aliphatic heterocycles. The summed E-state index contributed by atoms with van der Waals surface area (Å²) < 4.78 is 32.1. The molecule has 0 amide bonds. The van der Waals surface area contributed by atoms with Gasteiger partial charge >= 0.3 is 5.97 Å². The normalized spacial score (nSPS) is 16.7. The molecule has 1 aliphatic rings. The first-order valence-electron chi connectivity index (χ1n) is 6.32. The summed E-state index contributed by atoms with van der Waals surface area (Å²) in [5, 5.41) is 8.99. The Morgan fingerprint density at radius 3 is 2.76 bits per heavy atom. The van der Waals surface area contributed by atoms with Crippen molar-refractivity contribution in [2.45, 2.75) is 24.2 Å². The molecule has 0 saturated heterocycles. The molecule has 2 N–H and O–H groups in total. The van der Waals surface area contributed by atoms with E-state index in [9.17, 15) is 13.2 Å². The largest absolute Gasteiger partial charge is 0.465 e. The third-order valence-electron chi connectivity index (χ3n) is 3.57. The summed E-state index contributed by atoms with van der Waals surface area (Å²) in [6.07, 6.45) is 2.41. The minimum Gasteiger partial charge on any atom is -0.465 e. The molecule has 0 atom stereocenters. The topological polar surface area (TPSA) is 92.7 Å². The fraction of sp³-hybridized carbons (Fsp3) is 0.583. The van der Waals surface area contributed by atoms with E-state index in [2.05, 4.69) is 25.4 Å². The maximum Gasteiger partial charge on any atom is 0.348 e. The number of thiophene rings is 1. The van der Waals surface area contributed by atoms with E-state index in [0.717, 1.165) is 24.2 Å². The van der Waals surface area contributed by atoms with E-state index in [1.54, 1.807) is 0 Å². The van der Waals surface area contributed by atoms with Gasteiger partial charge in [-0.25, -0.2) is 17.9 Å². The highest BCUT2D eigenvalue weighted by atomic mass is 79.9. The third-order valence-corrected chi connectivity index (χ3v) is 7.20. The number of carbonyl (C=O) groups is 1. The first-order chi connectivity index (χ1) is 9.83. The number of hydrogen-bond acceptors (Lipinski definition) is 6. The van der Waals surface area contributed by atoms with Crippen molar-refractivity contribution in [1.82, 2.24) is 4.72 Å². The summed E-state index contributed by atoms with van der Waals surface area (Å²) in [4.78, 5) is 11.7. The molecule has 21 heavy (non-hydrogen) atoms. The summed E-state index contributed by atoms with van der Waals surface area (Å²) in [6, 6.07) is 1.30. The van der Waals surface area contributed by atoms with Crippen LogP contribution in [0.1, 0.15) is 28.9 Å². The molecular formula is C12H16BrNO5S2. The van der Waals surface area contributed by atoms with Crippen LogP contribution in [0.15, 0.2) is 14.7 Å². The molecule has 1 saturated carbocycles. The zero-order valence-corrected chi connectivity index (χ0v) is 14.6. The Kier molecular flexibility index (Phi) is 5.09. The first-order valence-corrected chi connectivity index (χ1v) is 9.41. The van der Waals surface area contributed by atoms with Crippen molar-refractivity contribution in [2.75, 3.05) is 20.3 Å². The molecule has 1 aromatic rings. The number of hydrogen-bond donors (Lipinski definition) is 2. The van der Waals surface area contributed by atoms with E-state index in [1.807, 2.05) is 0 Å². The Balaban J connectivity index is 2.13. The number of ether oxygens (including phenoxy) is 1.